The molecule has 0 aromatic heterocycles. The molecule has 0 aliphatic carbocycles. The molecule has 0 spiro atoms. The summed E-state index contributed by atoms with van der Waals surface area (Å²) in [5.41, 5.74) is -0.317. The number of aromatic hydroxyl groups is 1. The Kier molecular flexibility index (Phi) is 1.85. The highest BCUT2D eigenvalue weighted by molar-refractivity contribution is 5.32. The maximum Gasteiger partial charge on any atom is 0.267 e. The van der Waals surface area contributed by atoms with Gasteiger partial charge in [0.15, 0.2) is 0 Å². The van der Waals surface area contributed by atoms with Gasteiger partial charge in [0.2, 0.25) is 0 Å². The number of phenols is 1. The molecule has 1 N–H and O–H groups in total. The van der Waals surface area contributed by atoms with Gasteiger partial charge >= 0.3 is 0 Å². The van der Waals surface area contributed by atoms with Crippen molar-refractivity contribution in [1.29, 1.82) is 0 Å². The fourth-order valence-electron chi connectivity index (χ4n) is 0.672. The first kappa shape index (κ1) is 6.99. The summed E-state index contributed by atoms with van der Waals surface area (Å²) in [6.07, 6.45) is -2.60. The van der Waals surface area contributed by atoms with E-state index >= 15 is 0 Å². The van der Waals surface area contributed by atoms with Gasteiger partial charge in [0.1, 0.15) is 5.75 Å². The van der Waals surface area contributed by atoms with Gasteiger partial charge in [0.05, 0.1) is 5.56 Å². The molecular weight excluding hydrogens is 138 g/mol. The maximum atomic E-state index is 11.9. The quantitative estimate of drug-likeness (QED) is 0.641. The smallest absolute Gasteiger partial charge is 0.267 e. The summed E-state index contributed by atoms with van der Waals surface area (Å²) in [5.74, 6) is -0.350. The molecule has 0 aliphatic rings. The molecule has 0 atom stereocenters. The van der Waals surface area contributed by atoms with Crippen LogP contribution in [-0.4, -0.2) is 5.11 Å². The number of halogens is 2. The van der Waals surface area contributed by atoms with E-state index in [2.05, 4.69) is 0 Å². The van der Waals surface area contributed by atoms with Crippen molar-refractivity contribution in [1.82, 2.24) is 0 Å². The van der Waals surface area contributed by atoms with E-state index in [0.717, 1.165) is 0 Å². The van der Waals surface area contributed by atoms with Crippen LogP contribution in [-0.2, 0) is 0 Å². The number of phenolic OH excluding ortho intramolecular Hbond substituents is 1. The van der Waals surface area contributed by atoms with Crippen LogP contribution in [0.2, 0.25) is 0 Å². The number of hydrogen-bond donors (Lipinski definition) is 1. The van der Waals surface area contributed by atoms with Crippen LogP contribution in [0.4, 0.5) is 8.78 Å². The Hall–Kier alpha value is -1.12. The van der Waals surface area contributed by atoms with Crippen molar-refractivity contribution in [3.05, 3.63) is 29.8 Å². The number of hydrogen-bond acceptors (Lipinski definition) is 1. The molecule has 1 rings (SSSR count). The van der Waals surface area contributed by atoms with Gasteiger partial charge in [-0.2, -0.15) is 0 Å². The minimum atomic E-state index is -2.60. The molecule has 10 heavy (non-hydrogen) atoms. The van der Waals surface area contributed by atoms with Crippen LogP contribution < -0.4 is 0 Å². The van der Waals surface area contributed by atoms with Crippen LogP contribution in [0.5, 0.6) is 5.75 Å². The lowest BCUT2D eigenvalue weighted by Crippen LogP contribution is -1.82. The van der Waals surface area contributed by atoms with Gasteiger partial charge in [0, 0.05) is 0 Å². The molecule has 1 nitrogen and oxygen atoms in total. The van der Waals surface area contributed by atoms with Crippen LogP contribution in [0.15, 0.2) is 24.3 Å². The van der Waals surface area contributed by atoms with Crippen molar-refractivity contribution in [3.8, 4) is 5.75 Å². The molecule has 0 aliphatic heterocycles. The zero-order valence-corrected chi connectivity index (χ0v) is 5.09. The third kappa shape index (κ3) is 1.23. The molecule has 0 bridgehead atoms. The minimum Gasteiger partial charge on any atom is -0.507 e. The summed E-state index contributed by atoms with van der Waals surface area (Å²) >= 11 is 0. The molecular formula is C7H6F2O. The highest BCUT2D eigenvalue weighted by Crippen LogP contribution is 2.26. The number of para-hydroxylation sites is 1. The monoisotopic (exact) mass is 144 g/mol. The second-order valence-electron chi connectivity index (χ2n) is 1.86. The third-order valence-electron chi connectivity index (χ3n) is 1.17. The Morgan fingerprint density at radius 2 is 1.80 bits per heavy atom. The maximum absolute atomic E-state index is 11.9. The van der Waals surface area contributed by atoms with E-state index in [1.807, 2.05) is 0 Å². The molecule has 0 saturated carbocycles. The Bertz CT molecular complexity index is 223. The average molecular weight is 144 g/mol. The summed E-state index contributed by atoms with van der Waals surface area (Å²) in [4.78, 5) is 0. The van der Waals surface area contributed by atoms with Crippen LogP contribution in [0.3, 0.4) is 0 Å². The van der Waals surface area contributed by atoms with Gasteiger partial charge in [-0.05, 0) is 12.1 Å². The Balaban J connectivity index is 3.03. The lowest BCUT2D eigenvalue weighted by Gasteiger charge is -1.99. The second kappa shape index (κ2) is 2.64. The van der Waals surface area contributed by atoms with Crippen molar-refractivity contribution in [3.63, 3.8) is 0 Å². The fraction of sp³-hybridized carbons (Fsp3) is 0.143. The number of rotatable bonds is 1. The first-order chi connectivity index (χ1) is 4.72. The van der Waals surface area contributed by atoms with Gasteiger partial charge in [-0.1, -0.05) is 12.1 Å². The molecule has 0 unspecified atom stereocenters. The molecule has 0 saturated heterocycles. The van der Waals surface area contributed by atoms with Crippen molar-refractivity contribution in [2.75, 3.05) is 0 Å². The topological polar surface area (TPSA) is 20.2 Å². The van der Waals surface area contributed by atoms with Gasteiger partial charge in [-0.15, -0.1) is 0 Å². The van der Waals surface area contributed by atoms with Crippen LogP contribution >= 0.6 is 0 Å². The van der Waals surface area contributed by atoms with Crippen molar-refractivity contribution < 1.29 is 13.9 Å². The van der Waals surface area contributed by atoms with E-state index in [1.165, 1.54) is 24.3 Å². The first-order valence-corrected chi connectivity index (χ1v) is 2.78. The first-order valence-electron chi connectivity index (χ1n) is 2.78. The van der Waals surface area contributed by atoms with E-state index in [4.69, 9.17) is 5.11 Å². The van der Waals surface area contributed by atoms with Gasteiger partial charge < -0.3 is 5.11 Å². The Morgan fingerprint density at radius 3 is 2.20 bits per heavy atom. The summed E-state index contributed by atoms with van der Waals surface area (Å²) < 4.78 is 23.7. The SMILES string of the molecule is Oc1ccccc1C(F)F. The molecule has 1 aromatic rings. The number of alkyl halides is 2. The van der Waals surface area contributed by atoms with Crippen LogP contribution in [0, 0.1) is 0 Å². The largest absolute Gasteiger partial charge is 0.507 e. The van der Waals surface area contributed by atoms with Gasteiger partial charge in [-0.25, -0.2) is 8.78 Å². The lowest BCUT2D eigenvalue weighted by atomic mass is 10.2. The fourth-order valence-corrected chi connectivity index (χ4v) is 0.672. The van der Waals surface area contributed by atoms with Crippen molar-refractivity contribution >= 4 is 0 Å². The summed E-state index contributed by atoms with van der Waals surface area (Å²) in [5, 5.41) is 8.80. The molecule has 3 heteroatoms. The lowest BCUT2D eigenvalue weighted by molar-refractivity contribution is 0.147. The zero-order chi connectivity index (χ0) is 7.56. The van der Waals surface area contributed by atoms with Crippen molar-refractivity contribution in [2.24, 2.45) is 0 Å². The molecule has 54 valence electrons. The Morgan fingerprint density at radius 1 is 1.20 bits per heavy atom. The van der Waals surface area contributed by atoms with Gasteiger partial charge in [-0.3, -0.25) is 0 Å². The minimum absolute atomic E-state index is 0.317. The summed E-state index contributed by atoms with van der Waals surface area (Å²) in [7, 11) is 0. The molecule has 0 radical (unpaired) electrons. The highest BCUT2D eigenvalue weighted by atomic mass is 19.3. The summed E-state index contributed by atoms with van der Waals surface area (Å²) in [6, 6.07) is 5.39. The molecule has 0 amide bonds. The van der Waals surface area contributed by atoms with Gasteiger partial charge in [0.25, 0.3) is 6.43 Å². The number of benzene rings is 1. The van der Waals surface area contributed by atoms with Crippen LogP contribution in [0.1, 0.15) is 12.0 Å². The predicted molar refractivity (Wildman–Crippen MR) is 33.1 cm³/mol. The van der Waals surface area contributed by atoms with Crippen LogP contribution in [0.25, 0.3) is 0 Å². The highest BCUT2D eigenvalue weighted by Gasteiger charge is 2.09. The van der Waals surface area contributed by atoms with E-state index < -0.39 is 6.43 Å². The second-order valence-corrected chi connectivity index (χ2v) is 1.86. The zero-order valence-electron chi connectivity index (χ0n) is 5.09. The van der Waals surface area contributed by atoms with Crippen molar-refractivity contribution in [2.45, 2.75) is 6.43 Å². The molecule has 0 heterocycles. The Labute approximate surface area is 56.9 Å². The standard InChI is InChI=1S/C7H6F2O/c8-7(9)5-3-1-2-4-6(5)10/h1-4,7,10H. The summed E-state index contributed by atoms with van der Waals surface area (Å²) in [6.45, 7) is 0. The van der Waals surface area contributed by atoms with E-state index in [1.54, 1.807) is 0 Å². The molecule has 1 aromatic carbocycles. The van der Waals surface area contributed by atoms with E-state index in [-0.39, 0.29) is 11.3 Å². The van der Waals surface area contributed by atoms with E-state index in [9.17, 15) is 8.78 Å². The predicted octanol–water partition coefficient (Wildman–Crippen LogP) is 2.33. The average Bonchev–Trinajstić information content (AvgIpc) is 1.88. The third-order valence-corrected chi connectivity index (χ3v) is 1.17. The molecule has 0 fully saturated rings. The normalized spacial score (nSPS) is 10.3. The van der Waals surface area contributed by atoms with E-state index in [0.29, 0.717) is 0 Å².